The van der Waals surface area contributed by atoms with Gasteiger partial charge in [-0.05, 0) is 36.8 Å². The molecule has 0 amide bonds. The second-order valence-electron chi connectivity index (χ2n) is 3.43. The summed E-state index contributed by atoms with van der Waals surface area (Å²) in [6.07, 6.45) is 0. The second-order valence-corrected chi connectivity index (χ2v) is 4.29. The Balaban J connectivity index is 2.42. The van der Waals surface area contributed by atoms with Gasteiger partial charge in [-0.2, -0.15) is 0 Å². The highest BCUT2D eigenvalue weighted by Gasteiger charge is 2.10. The van der Waals surface area contributed by atoms with Gasteiger partial charge < -0.3 is 9.52 Å². The Bertz CT molecular complexity index is 543. The number of hydrogen-bond acceptors (Lipinski definition) is 2. The van der Waals surface area contributed by atoms with Crippen LogP contribution in [-0.2, 0) is 0 Å². The van der Waals surface area contributed by atoms with Crippen molar-refractivity contribution in [3.8, 4) is 11.3 Å². The number of aryl methyl sites for hydroxylation is 1. The maximum atomic E-state index is 10.7. The van der Waals surface area contributed by atoms with Crippen molar-refractivity contribution in [2.75, 3.05) is 0 Å². The molecule has 4 heteroatoms. The molecule has 0 saturated carbocycles. The number of rotatable bonds is 2. The quantitative estimate of drug-likeness (QED) is 0.912. The van der Waals surface area contributed by atoms with E-state index < -0.39 is 5.97 Å². The lowest BCUT2D eigenvalue weighted by Crippen LogP contribution is -1.91. The first kappa shape index (κ1) is 11.0. The van der Waals surface area contributed by atoms with Crippen molar-refractivity contribution >= 4 is 21.9 Å². The number of benzene rings is 1. The monoisotopic (exact) mass is 280 g/mol. The third-order valence-electron chi connectivity index (χ3n) is 2.26. The average molecular weight is 281 g/mol. The van der Waals surface area contributed by atoms with Crippen LogP contribution in [0.5, 0.6) is 0 Å². The third kappa shape index (κ3) is 2.02. The molecule has 1 N–H and O–H groups in total. The minimum absolute atomic E-state index is 0.0458. The number of carboxylic acid groups (broad SMARTS) is 1. The van der Waals surface area contributed by atoms with Gasteiger partial charge in [0, 0.05) is 10.0 Å². The van der Waals surface area contributed by atoms with Gasteiger partial charge in [-0.1, -0.05) is 22.0 Å². The molecule has 1 heterocycles. The maximum absolute atomic E-state index is 10.7. The molecular weight excluding hydrogens is 272 g/mol. The average Bonchev–Trinajstić information content (AvgIpc) is 2.71. The van der Waals surface area contributed by atoms with Crippen LogP contribution in [0.1, 0.15) is 16.1 Å². The Hall–Kier alpha value is -1.55. The summed E-state index contributed by atoms with van der Waals surface area (Å²) in [7, 11) is 0. The number of carbonyl (C=O) groups is 1. The van der Waals surface area contributed by atoms with E-state index in [1.54, 1.807) is 6.07 Å². The standard InChI is InChI=1S/C12H9BrO3/c1-7-6-8(2-3-9(7)13)10-4-5-11(16-10)12(14)15/h2-6H,1H3,(H,14,15). The van der Waals surface area contributed by atoms with Gasteiger partial charge in [0.15, 0.2) is 0 Å². The Labute approximate surface area is 101 Å². The van der Waals surface area contributed by atoms with Gasteiger partial charge in [0.25, 0.3) is 0 Å². The highest BCUT2D eigenvalue weighted by molar-refractivity contribution is 9.10. The van der Waals surface area contributed by atoms with E-state index in [0.717, 1.165) is 15.6 Å². The van der Waals surface area contributed by atoms with Crippen LogP contribution in [0, 0.1) is 6.92 Å². The van der Waals surface area contributed by atoms with Gasteiger partial charge in [-0.15, -0.1) is 0 Å². The van der Waals surface area contributed by atoms with E-state index in [-0.39, 0.29) is 5.76 Å². The van der Waals surface area contributed by atoms with E-state index in [2.05, 4.69) is 15.9 Å². The van der Waals surface area contributed by atoms with Crippen LogP contribution < -0.4 is 0 Å². The Morgan fingerprint density at radius 2 is 2.06 bits per heavy atom. The maximum Gasteiger partial charge on any atom is 0.371 e. The van der Waals surface area contributed by atoms with Crippen molar-refractivity contribution < 1.29 is 14.3 Å². The Kier molecular flexibility index (Phi) is 2.83. The summed E-state index contributed by atoms with van der Waals surface area (Å²) in [5.41, 5.74) is 1.94. The second kappa shape index (κ2) is 4.14. The number of carboxylic acids is 1. The molecule has 0 fully saturated rings. The zero-order valence-electron chi connectivity index (χ0n) is 8.53. The fourth-order valence-electron chi connectivity index (χ4n) is 1.41. The summed E-state index contributed by atoms with van der Waals surface area (Å²) in [6.45, 7) is 1.97. The molecule has 0 saturated heterocycles. The van der Waals surface area contributed by atoms with Crippen LogP contribution in [-0.4, -0.2) is 11.1 Å². The molecule has 16 heavy (non-hydrogen) atoms. The molecule has 2 rings (SSSR count). The summed E-state index contributed by atoms with van der Waals surface area (Å²) in [5.74, 6) is -0.538. The van der Waals surface area contributed by atoms with Crippen LogP contribution >= 0.6 is 15.9 Å². The van der Waals surface area contributed by atoms with Crippen molar-refractivity contribution in [2.24, 2.45) is 0 Å². The van der Waals surface area contributed by atoms with Gasteiger partial charge in [-0.3, -0.25) is 0 Å². The summed E-state index contributed by atoms with van der Waals surface area (Å²) in [6, 6.07) is 8.84. The number of aromatic carboxylic acids is 1. The largest absolute Gasteiger partial charge is 0.475 e. The fourth-order valence-corrected chi connectivity index (χ4v) is 1.65. The molecule has 0 atom stereocenters. The van der Waals surface area contributed by atoms with E-state index in [1.807, 2.05) is 25.1 Å². The molecular formula is C12H9BrO3. The van der Waals surface area contributed by atoms with E-state index >= 15 is 0 Å². The molecule has 0 aliphatic carbocycles. The van der Waals surface area contributed by atoms with Crippen molar-refractivity contribution in [1.82, 2.24) is 0 Å². The molecule has 3 nitrogen and oxygen atoms in total. The van der Waals surface area contributed by atoms with Crippen molar-refractivity contribution in [2.45, 2.75) is 6.92 Å². The minimum Gasteiger partial charge on any atom is -0.475 e. The van der Waals surface area contributed by atoms with Crippen LogP contribution in [0.25, 0.3) is 11.3 Å². The molecule has 2 aromatic rings. The number of furan rings is 1. The van der Waals surface area contributed by atoms with Gasteiger partial charge in [-0.25, -0.2) is 4.79 Å². The summed E-state index contributed by atoms with van der Waals surface area (Å²) in [5, 5.41) is 8.74. The number of halogens is 1. The number of hydrogen-bond donors (Lipinski definition) is 1. The van der Waals surface area contributed by atoms with E-state index in [0.29, 0.717) is 5.76 Å². The van der Waals surface area contributed by atoms with Crippen LogP contribution in [0.2, 0.25) is 0 Å². The molecule has 0 radical (unpaired) electrons. The van der Waals surface area contributed by atoms with Crippen molar-refractivity contribution in [3.05, 3.63) is 46.1 Å². The molecule has 82 valence electrons. The van der Waals surface area contributed by atoms with Crippen LogP contribution in [0.4, 0.5) is 0 Å². The SMILES string of the molecule is Cc1cc(-c2ccc(C(=O)O)o2)ccc1Br. The Morgan fingerprint density at radius 3 is 2.62 bits per heavy atom. The highest BCUT2D eigenvalue weighted by Crippen LogP contribution is 2.26. The zero-order valence-corrected chi connectivity index (χ0v) is 10.1. The first-order chi connectivity index (χ1) is 7.58. The van der Waals surface area contributed by atoms with E-state index in [9.17, 15) is 4.79 Å². The molecule has 0 unspecified atom stereocenters. The summed E-state index contributed by atoms with van der Waals surface area (Å²) < 4.78 is 6.23. The fraction of sp³-hybridized carbons (Fsp3) is 0.0833. The van der Waals surface area contributed by atoms with E-state index in [1.165, 1.54) is 6.07 Å². The van der Waals surface area contributed by atoms with Gasteiger partial charge in [0.2, 0.25) is 5.76 Å². The normalized spacial score (nSPS) is 10.4. The third-order valence-corrected chi connectivity index (χ3v) is 3.15. The van der Waals surface area contributed by atoms with E-state index in [4.69, 9.17) is 9.52 Å². The smallest absolute Gasteiger partial charge is 0.371 e. The lowest BCUT2D eigenvalue weighted by Gasteiger charge is -2.01. The summed E-state index contributed by atoms with van der Waals surface area (Å²) >= 11 is 3.41. The van der Waals surface area contributed by atoms with Crippen LogP contribution in [0.15, 0.2) is 39.2 Å². The predicted molar refractivity (Wildman–Crippen MR) is 63.5 cm³/mol. The molecule has 0 bridgehead atoms. The van der Waals surface area contributed by atoms with Gasteiger partial charge in [0.1, 0.15) is 5.76 Å². The van der Waals surface area contributed by atoms with Gasteiger partial charge in [0.05, 0.1) is 0 Å². The van der Waals surface area contributed by atoms with Crippen LogP contribution in [0.3, 0.4) is 0 Å². The minimum atomic E-state index is -1.06. The topological polar surface area (TPSA) is 50.4 Å². The zero-order chi connectivity index (χ0) is 11.7. The first-order valence-corrected chi connectivity index (χ1v) is 5.47. The lowest BCUT2D eigenvalue weighted by molar-refractivity contribution is 0.0663. The Morgan fingerprint density at radius 1 is 1.31 bits per heavy atom. The molecule has 1 aromatic heterocycles. The van der Waals surface area contributed by atoms with Gasteiger partial charge >= 0.3 is 5.97 Å². The lowest BCUT2D eigenvalue weighted by atomic mass is 10.1. The predicted octanol–water partition coefficient (Wildman–Crippen LogP) is 3.72. The first-order valence-electron chi connectivity index (χ1n) is 4.67. The highest BCUT2D eigenvalue weighted by atomic mass is 79.9. The van der Waals surface area contributed by atoms with Crippen molar-refractivity contribution in [3.63, 3.8) is 0 Å². The molecule has 0 spiro atoms. The van der Waals surface area contributed by atoms with Crippen molar-refractivity contribution in [1.29, 1.82) is 0 Å². The molecule has 1 aromatic carbocycles. The summed E-state index contributed by atoms with van der Waals surface area (Å²) in [4.78, 5) is 10.7. The molecule has 0 aliphatic rings. The molecule has 0 aliphatic heterocycles.